The number of carbonyl (C=O) groups is 2. The van der Waals surface area contributed by atoms with Crippen LogP contribution in [-0.2, 0) is 16.0 Å². The van der Waals surface area contributed by atoms with Crippen molar-refractivity contribution in [2.75, 3.05) is 19.6 Å². The van der Waals surface area contributed by atoms with Gasteiger partial charge in [0, 0.05) is 25.7 Å². The van der Waals surface area contributed by atoms with Crippen LogP contribution in [0.4, 0.5) is 4.39 Å². The molecular weight excluding hydrogens is 385 g/mol. The van der Waals surface area contributed by atoms with E-state index in [1.165, 1.54) is 6.07 Å². The van der Waals surface area contributed by atoms with Crippen molar-refractivity contribution in [1.29, 1.82) is 5.26 Å². The van der Waals surface area contributed by atoms with Crippen molar-refractivity contribution in [2.45, 2.75) is 62.3 Å². The molecule has 3 heterocycles. The van der Waals surface area contributed by atoms with Crippen LogP contribution in [0.3, 0.4) is 0 Å². The van der Waals surface area contributed by atoms with Gasteiger partial charge in [-0.15, -0.1) is 0 Å². The molecular formula is C22H26FN5O2. The zero-order chi connectivity index (χ0) is 21.0. The molecule has 2 amide bonds. The number of aryl methyl sites for hydroxylation is 1. The molecule has 158 valence electrons. The molecule has 0 spiro atoms. The van der Waals surface area contributed by atoms with Crippen LogP contribution >= 0.6 is 0 Å². The average molecular weight is 411 g/mol. The number of piperazine rings is 1. The Kier molecular flexibility index (Phi) is 4.75. The molecule has 0 aromatic heterocycles. The van der Waals surface area contributed by atoms with Crippen molar-refractivity contribution in [2.24, 2.45) is 5.73 Å². The van der Waals surface area contributed by atoms with Crippen molar-refractivity contribution in [3.8, 4) is 6.07 Å². The van der Waals surface area contributed by atoms with Crippen LogP contribution in [0, 0.1) is 17.1 Å². The van der Waals surface area contributed by atoms with Crippen molar-refractivity contribution in [3.63, 3.8) is 0 Å². The summed E-state index contributed by atoms with van der Waals surface area (Å²) >= 11 is 0. The third kappa shape index (κ3) is 2.99. The maximum Gasteiger partial charge on any atom is 0.241 e. The Morgan fingerprint density at radius 3 is 2.93 bits per heavy atom. The fourth-order valence-corrected chi connectivity index (χ4v) is 5.86. The molecule has 1 aromatic rings. The van der Waals surface area contributed by atoms with Crippen molar-refractivity contribution in [1.82, 2.24) is 14.7 Å². The molecule has 1 aromatic carbocycles. The molecule has 3 fully saturated rings. The van der Waals surface area contributed by atoms with Crippen LogP contribution in [0.2, 0.25) is 0 Å². The lowest BCUT2D eigenvalue weighted by Crippen LogP contribution is -2.56. The van der Waals surface area contributed by atoms with Gasteiger partial charge in [0.1, 0.15) is 11.9 Å². The second kappa shape index (κ2) is 7.33. The van der Waals surface area contributed by atoms with E-state index >= 15 is 0 Å². The third-order valence-corrected chi connectivity index (χ3v) is 7.23. The van der Waals surface area contributed by atoms with E-state index in [-0.39, 0.29) is 41.8 Å². The summed E-state index contributed by atoms with van der Waals surface area (Å²) in [7, 11) is 0. The average Bonchev–Trinajstić information content (AvgIpc) is 3.49. The lowest BCUT2D eigenvalue weighted by atomic mass is 10.1. The highest BCUT2D eigenvalue weighted by Gasteiger charge is 2.53. The van der Waals surface area contributed by atoms with Gasteiger partial charge in [-0.3, -0.25) is 14.5 Å². The topological polar surface area (TPSA) is 93.7 Å². The predicted molar refractivity (Wildman–Crippen MR) is 106 cm³/mol. The molecule has 30 heavy (non-hydrogen) atoms. The van der Waals surface area contributed by atoms with Gasteiger partial charge in [0.25, 0.3) is 0 Å². The summed E-state index contributed by atoms with van der Waals surface area (Å²) in [5.74, 6) is -0.341. The first kappa shape index (κ1) is 19.5. The number of amides is 2. The van der Waals surface area contributed by atoms with E-state index in [0.717, 1.165) is 36.8 Å². The monoisotopic (exact) mass is 411 g/mol. The van der Waals surface area contributed by atoms with Gasteiger partial charge in [-0.25, -0.2) is 4.39 Å². The number of hydrogen-bond acceptors (Lipinski definition) is 5. The van der Waals surface area contributed by atoms with E-state index in [1.807, 2.05) is 15.9 Å². The number of benzene rings is 1. The SMILES string of the molecule is N#C[C@@H]1CCCN1C(=O)[C@@H](N)CN1C[C@H]2C[C@@H]1C(=O)N2[C@@H]1CCc2cc(F)ccc21. The number of rotatable bonds is 4. The molecule has 5 rings (SSSR count). The summed E-state index contributed by atoms with van der Waals surface area (Å²) in [6, 6.07) is 5.80. The maximum atomic E-state index is 13.5. The zero-order valence-corrected chi connectivity index (χ0v) is 16.8. The van der Waals surface area contributed by atoms with Gasteiger partial charge in [0.15, 0.2) is 0 Å². The number of fused-ring (bicyclic) bond motifs is 3. The molecule has 0 saturated carbocycles. The molecule has 7 nitrogen and oxygen atoms in total. The number of nitrogens with zero attached hydrogens (tertiary/aromatic N) is 4. The Balaban J connectivity index is 1.25. The molecule has 4 aliphatic rings. The van der Waals surface area contributed by atoms with Crippen molar-refractivity contribution < 1.29 is 14.0 Å². The van der Waals surface area contributed by atoms with Gasteiger partial charge >= 0.3 is 0 Å². The van der Waals surface area contributed by atoms with E-state index in [4.69, 9.17) is 5.73 Å². The number of nitriles is 1. The highest BCUT2D eigenvalue weighted by molar-refractivity contribution is 5.87. The Hall–Kier alpha value is -2.50. The summed E-state index contributed by atoms with van der Waals surface area (Å²) in [6.07, 6.45) is 3.89. The number of hydrogen-bond donors (Lipinski definition) is 1. The van der Waals surface area contributed by atoms with Gasteiger partial charge in [-0.1, -0.05) is 6.07 Å². The van der Waals surface area contributed by atoms with Gasteiger partial charge in [-0.2, -0.15) is 5.26 Å². The highest BCUT2D eigenvalue weighted by Crippen LogP contribution is 2.43. The smallest absolute Gasteiger partial charge is 0.241 e. The first-order valence-corrected chi connectivity index (χ1v) is 10.8. The zero-order valence-electron chi connectivity index (χ0n) is 16.8. The van der Waals surface area contributed by atoms with Crippen LogP contribution in [0.5, 0.6) is 0 Å². The van der Waals surface area contributed by atoms with E-state index in [2.05, 4.69) is 6.07 Å². The lowest BCUT2D eigenvalue weighted by Gasteiger charge is -2.38. The summed E-state index contributed by atoms with van der Waals surface area (Å²) in [5.41, 5.74) is 8.26. The summed E-state index contributed by atoms with van der Waals surface area (Å²) < 4.78 is 13.5. The van der Waals surface area contributed by atoms with E-state index in [0.29, 0.717) is 26.1 Å². The number of likely N-dealkylation sites (tertiary alicyclic amines) is 3. The molecule has 0 radical (unpaired) electrons. The number of halogens is 1. The molecule has 2 bridgehead atoms. The second-order valence-electron chi connectivity index (χ2n) is 8.93. The minimum absolute atomic E-state index is 0.0153. The Morgan fingerprint density at radius 1 is 1.33 bits per heavy atom. The maximum absolute atomic E-state index is 13.5. The summed E-state index contributed by atoms with van der Waals surface area (Å²) in [5, 5.41) is 9.22. The molecule has 0 unspecified atom stereocenters. The Labute approximate surface area is 175 Å². The highest BCUT2D eigenvalue weighted by atomic mass is 19.1. The lowest BCUT2D eigenvalue weighted by molar-refractivity contribution is -0.141. The fourth-order valence-electron chi connectivity index (χ4n) is 5.86. The second-order valence-corrected chi connectivity index (χ2v) is 8.93. The standard InChI is InChI=1S/C22H26FN5O2/c23-14-4-5-17-13(8-14)3-6-19(17)28-16-9-20(22(28)30)26(11-16)12-18(25)21(29)27-7-1-2-15(27)10-24/h4-5,8,15-16,18-20H,1-3,6-7,9,11-12,25H2/t15-,16+,18-,19+,20+/m0/s1. The Morgan fingerprint density at radius 2 is 2.17 bits per heavy atom. The Bertz CT molecular complexity index is 931. The van der Waals surface area contributed by atoms with E-state index in [9.17, 15) is 19.2 Å². The largest absolute Gasteiger partial charge is 0.330 e. The molecule has 3 saturated heterocycles. The normalized spacial score (nSPS) is 31.3. The first-order valence-electron chi connectivity index (χ1n) is 10.8. The predicted octanol–water partition coefficient (Wildman–Crippen LogP) is 0.940. The van der Waals surface area contributed by atoms with Crippen LogP contribution in [0.1, 0.15) is 42.9 Å². The third-order valence-electron chi connectivity index (χ3n) is 7.23. The minimum atomic E-state index is -0.727. The van der Waals surface area contributed by atoms with Crippen LogP contribution in [0.15, 0.2) is 18.2 Å². The van der Waals surface area contributed by atoms with Crippen LogP contribution in [-0.4, -0.2) is 70.3 Å². The van der Waals surface area contributed by atoms with Crippen molar-refractivity contribution >= 4 is 11.8 Å². The molecule has 1 aliphatic carbocycles. The molecule has 3 aliphatic heterocycles. The number of carbonyl (C=O) groups excluding carboxylic acids is 2. The van der Waals surface area contributed by atoms with Crippen molar-refractivity contribution in [3.05, 3.63) is 35.1 Å². The molecule has 8 heteroatoms. The van der Waals surface area contributed by atoms with Gasteiger partial charge < -0.3 is 15.5 Å². The van der Waals surface area contributed by atoms with E-state index in [1.54, 1.807) is 11.0 Å². The minimum Gasteiger partial charge on any atom is -0.330 e. The quantitative estimate of drug-likeness (QED) is 0.796. The number of nitrogens with two attached hydrogens (primary N) is 1. The van der Waals surface area contributed by atoms with E-state index < -0.39 is 6.04 Å². The molecule has 5 atom stereocenters. The first-order chi connectivity index (χ1) is 14.5. The summed E-state index contributed by atoms with van der Waals surface area (Å²) in [4.78, 5) is 31.5. The van der Waals surface area contributed by atoms with Gasteiger partial charge in [0.05, 0.1) is 24.2 Å². The van der Waals surface area contributed by atoms with Crippen LogP contribution in [0.25, 0.3) is 0 Å². The van der Waals surface area contributed by atoms with Gasteiger partial charge in [0.2, 0.25) is 11.8 Å². The van der Waals surface area contributed by atoms with Crippen LogP contribution < -0.4 is 5.73 Å². The van der Waals surface area contributed by atoms with Gasteiger partial charge in [-0.05, 0) is 55.4 Å². The fraction of sp³-hybridized carbons (Fsp3) is 0.591. The molecule has 2 N–H and O–H groups in total. The summed E-state index contributed by atoms with van der Waals surface area (Å²) in [6.45, 7) is 1.61.